The van der Waals surface area contributed by atoms with Crippen LogP contribution in [0.25, 0.3) is 0 Å². The fraction of sp³-hybridized carbons (Fsp3) is 0.846. The molecule has 0 aliphatic carbocycles. The molecule has 0 saturated carbocycles. The predicted molar refractivity (Wildman–Crippen MR) is 64.1 cm³/mol. The monoisotopic (exact) mass is 228 g/mol. The Hall–Kier alpha value is -0.860. The van der Waals surface area contributed by atoms with Gasteiger partial charge in [-0.05, 0) is 6.42 Å². The number of unbranched alkanes of at least 4 members (excludes halogenated alkanes) is 2. The summed E-state index contributed by atoms with van der Waals surface area (Å²) in [6.07, 6.45) is 4.44. The number of ketones is 1. The molecule has 0 amide bonds. The van der Waals surface area contributed by atoms with Gasteiger partial charge in [-0.15, -0.1) is 0 Å². The highest BCUT2D eigenvalue weighted by Gasteiger charge is 2.29. The third kappa shape index (κ3) is 4.77. The molecule has 0 aromatic heterocycles. The third-order valence-corrected chi connectivity index (χ3v) is 3.08. The average Bonchev–Trinajstić information content (AvgIpc) is 2.32. The van der Waals surface area contributed by atoms with Crippen molar-refractivity contribution in [2.24, 2.45) is 11.8 Å². The van der Waals surface area contributed by atoms with Crippen molar-refractivity contribution in [1.82, 2.24) is 0 Å². The van der Waals surface area contributed by atoms with Gasteiger partial charge in [-0.25, -0.2) is 0 Å². The number of esters is 1. The lowest BCUT2D eigenvalue weighted by Gasteiger charge is -2.20. The van der Waals surface area contributed by atoms with Gasteiger partial charge in [-0.3, -0.25) is 9.59 Å². The quantitative estimate of drug-likeness (QED) is 0.474. The number of Topliss-reactive ketones (excluding diaryl/α,β-unsaturated/α-hetero) is 1. The van der Waals surface area contributed by atoms with Gasteiger partial charge < -0.3 is 4.74 Å². The molecule has 2 unspecified atom stereocenters. The maximum absolute atomic E-state index is 11.6. The van der Waals surface area contributed by atoms with Crippen molar-refractivity contribution in [3.63, 3.8) is 0 Å². The smallest absolute Gasteiger partial charge is 0.309 e. The Morgan fingerprint density at radius 1 is 1.19 bits per heavy atom. The van der Waals surface area contributed by atoms with Gasteiger partial charge in [0.05, 0.1) is 13.0 Å². The number of rotatable bonds is 8. The molecule has 0 saturated heterocycles. The van der Waals surface area contributed by atoms with Gasteiger partial charge in [0, 0.05) is 12.3 Å². The molecule has 0 rings (SSSR count). The van der Waals surface area contributed by atoms with Crippen molar-refractivity contribution >= 4 is 11.8 Å². The van der Waals surface area contributed by atoms with Crippen LogP contribution < -0.4 is 0 Å². The summed E-state index contributed by atoms with van der Waals surface area (Å²) in [5.41, 5.74) is 0. The lowest BCUT2D eigenvalue weighted by atomic mass is 9.85. The zero-order valence-electron chi connectivity index (χ0n) is 10.9. The van der Waals surface area contributed by atoms with E-state index in [2.05, 4.69) is 6.92 Å². The highest BCUT2D eigenvalue weighted by molar-refractivity contribution is 5.86. The Kier molecular flexibility index (Phi) is 7.86. The van der Waals surface area contributed by atoms with Crippen LogP contribution in [0.1, 0.15) is 52.9 Å². The summed E-state index contributed by atoms with van der Waals surface area (Å²) in [7, 11) is 1.39. The van der Waals surface area contributed by atoms with Crippen LogP contribution >= 0.6 is 0 Å². The van der Waals surface area contributed by atoms with E-state index in [9.17, 15) is 9.59 Å². The van der Waals surface area contributed by atoms with Crippen LogP contribution in [0.4, 0.5) is 0 Å². The first kappa shape index (κ1) is 15.1. The molecular formula is C13H24O3. The largest absolute Gasteiger partial charge is 0.469 e. The summed E-state index contributed by atoms with van der Waals surface area (Å²) >= 11 is 0. The van der Waals surface area contributed by atoms with E-state index in [4.69, 9.17) is 4.74 Å². The molecule has 0 radical (unpaired) electrons. The van der Waals surface area contributed by atoms with E-state index in [1.54, 1.807) is 0 Å². The van der Waals surface area contributed by atoms with Crippen LogP contribution in [-0.2, 0) is 14.3 Å². The van der Waals surface area contributed by atoms with Crippen molar-refractivity contribution < 1.29 is 14.3 Å². The van der Waals surface area contributed by atoms with Gasteiger partial charge >= 0.3 is 5.97 Å². The van der Waals surface area contributed by atoms with Crippen LogP contribution in [0.5, 0.6) is 0 Å². The summed E-state index contributed by atoms with van der Waals surface area (Å²) in [6, 6.07) is 0. The molecule has 0 heterocycles. The number of methoxy groups -OCH3 is 1. The molecule has 3 nitrogen and oxygen atoms in total. The molecule has 0 spiro atoms. The van der Waals surface area contributed by atoms with Gasteiger partial charge in [0.1, 0.15) is 5.78 Å². The van der Waals surface area contributed by atoms with E-state index in [1.165, 1.54) is 7.11 Å². The molecule has 0 aliphatic heterocycles. The maximum Gasteiger partial charge on any atom is 0.309 e. The van der Waals surface area contributed by atoms with Gasteiger partial charge in [-0.1, -0.05) is 40.0 Å². The lowest BCUT2D eigenvalue weighted by Crippen LogP contribution is -2.28. The van der Waals surface area contributed by atoms with Gasteiger partial charge in [0.15, 0.2) is 0 Å². The number of ether oxygens (including phenoxy) is 1. The first-order chi connectivity index (χ1) is 7.58. The van der Waals surface area contributed by atoms with Crippen molar-refractivity contribution in [1.29, 1.82) is 0 Å². The molecule has 94 valence electrons. The predicted octanol–water partition coefficient (Wildman–Crippen LogP) is 2.97. The molecule has 0 bridgehead atoms. The molecule has 0 aromatic carbocycles. The summed E-state index contributed by atoms with van der Waals surface area (Å²) in [4.78, 5) is 23.2. The van der Waals surface area contributed by atoms with Crippen LogP contribution in [0.3, 0.4) is 0 Å². The molecule has 16 heavy (non-hydrogen) atoms. The van der Waals surface area contributed by atoms with E-state index in [0.29, 0.717) is 6.42 Å². The third-order valence-electron chi connectivity index (χ3n) is 3.08. The minimum Gasteiger partial charge on any atom is -0.469 e. The molecule has 3 heteroatoms. The topological polar surface area (TPSA) is 43.4 Å². The van der Waals surface area contributed by atoms with Crippen molar-refractivity contribution in [2.75, 3.05) is 7.11 Å². The molecule has 2 atom stereocenters. The molecular weight excluding hydrogens is 204 g/mol. The van der Waals surface area contributed by atoms with Crippen molar-refractivity contribution in [3.05, 3.63) is 0 Å². The fourth-order valence-corrected chi connectivity index (χ4v) is 1.88. The fourth-order valence-electron chi connectivity index (χ4n) is 1.88. The number of hydrogen-bond acceptors (Lipinski definition) is 3. The number of carbonyl (C=O) groups is 2. The van der Waals surface area contributed by atoms with Crippen LogP contribution in [0, 0.1) is 11.8 Å². The Bertz CT molecular complexity index is 223. The standard InChI is InChI=1S/C13H24O3/c1-5-7-8-9-11(13(15)16-4)10(3)12(14)6-2/h10-11H,5-9H2,1-4H3. The second-order valence-corrected chi connectivity index (χ2v) is 4.23. The van der Waals surface area contributed by atoms with Crippen LogP contribution in [0.2, 0.25) is 0 Å². The minimum atomic E-state index is -0.260. The second-order valence-electron chi connectivity index (χ2n) is 4.23. The zero-order chi connectivity index (χ0) is 12.6. The Morgan fingerprint density at radius 2 is 1.81 bits per heavy atom. The minimum absolute atomic E-state index is 0.145. The van der Waals surface area contributed by atoms with Gasteiger partial charge in [-0.2, -0.15) is 0 Å². The number of carbonyl (C=O) groups excluding carboxylic acids is 2. The summed E-state index contributed by atoms with van der Waals surface area (Å²) in [5.74, 6) is -0.574. The molecule has 0 aromatic rings. The van der Waals surface area contributed by atoms with Gasteiger partial charge in [0.25, 0.3) is 0 Å². The van der Waals surface area contributed by atoms with Crippen LogP contribution in [-0.4, -0.2) is 18.9 Å². The van der Waals surface area contributed by atoms with Gasteiger partial charge in [0.2, 0.25) is 0 Å². The van der Waals surface area contributed by atoms with E-state index >= 15 is 0 Å². The van der Waals surface area contributed by atoms with E-state index < -0.39 is 0 Å². The van der Waals surface area contributed by atoms with Crippen molar-refractivity contribution in [2.45, 2.75) is 52.9 Å². The Balaban J connectivity index is 4.41. The van der Waals surface area contributed by atoms with Crippen LogP contribution in [0.15, 0.2) is 0 Å². The Morgan fingerprint density at radius 3 is 2.25 bits per heavy atom. The van der Waals surface area contributed by atoms with E-state index in [0.717, 1.165) is 25.7 Å². The lowest BCUT2D eigenvalue weighted by molar-refractivity contribution is -0.150. The van der Waals surface area contributed by atoms with E-state index in [-0.39, 0.29) is 23.6 Å². The first-order valence-corrected chi connectivity index (χ1v) is 6.18. The second kappa shape index (κ2) is 8.31. The first-order valence-electron chi connectivity index (χ1n) is 6.18. The SMILES string of the molecule is CCCCCC(C(=O)OC)C(C)C(=O)CC. The number of hydrogen-bond donors (Lipinski definition) is 0. The summed E-state index contributed by atoms with van der Waals surface area (Å²) in [5, 5.41) is 0. The van der Waals surface area contributed by atoms with E-state index in [1.807, 2.05) is 13.8 Å². The molecule has 0 N–H and O–H groups in total. The maximum atomic E-state index is 11.6. The van der Waals surface area contributed by atoms with Crippen molar-refractivity contribution in [3.8, 4) is 0 Å². The highest BCUT2D eigenvalue weighted by Crippen LogP contribution is 2.22. The normalized spacial score (nSPS) is 14.2. The zero-order valence-corrected chi connectivity index (χ0v) is 10.9. The summed E-state index contributed by atoms with van der Waals surface area (Å²) in [6.45, 7) is 5.78. The average molecular weight is 228 g/mol. The Labute approximate surface area is 98.6 Å². The molecule has 0 fully saturated rings. The molecule has 0 aliphatic rings. The highest BCUT2D eigenvalue weighted by atomic mass is 16.5. The summed E-state index contributed by atoms with van der Waals surface area (Å²) < 4.78 is 4.77.